The Morgan fingerprint density at radius 1 is 0.750 bits per heavy atom. The third kappa shape index (κ3) is 6.37. The van der Waals surface area contributed by atoms with Crippen LogP contribution in [0.2, 0.25) is 0 Å². The molecule has 0 radical (unpaired) electrons. The van der Waals surface area contributed by atoms with E-state index in [9.17, 15) is 19.0 Å². The minimum atomic E-state index is -0.227. The van der Waals surface area contributed by atoms with Gasteiger partial charge in [0.05, 0.1) is 18.8 Å². The molecule has 0 saturated carbocycles. The van der Waals surface area contributed by atoms with Crippen molar-refractivity contribution in [1.82, 2.24) is 0 Å². The molecule has 2 aliphatic carbocycles. The highest BCUT2D eigenvalue weighted by molar-refractivity contribution is 5.46. The lowest BCUT2D eigenvalue weighted by molar-refractivity contribution is 0.00829. The number of hydrogen-bond acceptors (Lipinski definition) is 3. The fraction of sp³-hybridized carbons (Fsp3) is 0.385. The third-order valence-corrected chi connectivity index (χ3v) is 9.68. The average Bonchev–Trinajstić information content (AvgIpc) is 3.36. The maximum atomic E-state index is 13.7. The molecule has 4 aromatic carbocycles. The summed E-state index contributed by atoms with van der Waals surface area (Å²) in [5.74, 6) is 0.627. The van der Waals surface area contributed by atoms with E-state index in [0.717, 1.165) is 42.4 Å². The minimum absolute atomic E-state index is 0. The molecule has 0 aromatic heterocycles. The van der Waals surface area contributed by atoms with E-state index in [1.54, 1.807) is 18.2 Å². The van der Waals surface area contributed by atoms with Crippen molar-refractivity contribution in [3.8, 4) is 0 Å². The summed E-state index contributed by atoms with van der Waals surface area (Å²) in [6.07, 6.45) is 3.06. The second-order valence-electron chi connectivity index (χ2n) is 12.6. The van der Waals surface area contributed by atoms with Crippen LogP contribution in [0.15, 0.2) is 84.9 Å². The van der Waals surface area contributed by atoms with Crippen molar-refractivity contribution >= 4 is 0 Å². The predicted molar refractivity (Wildman–Crippen MR) is 172 cm³/mol. The summed E-state index contributed by atoms with van der Waals surface area (Å²) in [4.78, 5) is 0. The quantitative estimate of drug-likeness (QED) is 0.247. The lowest BCUT2D eigenvalue weighted by atomic mass is 9.78. The molecule has 232 valence electrons. The molecule has 3 nitrogen and oxygen atoms in total. The van der Waals surface area contributed by atoms with E-state index in [2.05, 4.69) is 50.2 Å². The summed E-state index contributed by atoms with van der Waals surface area (Å²) >= 11 is 0. The normalized spacial score (nSPS) is 23.5. The Bertz CT molecular complexity index is 1580. The van der Waals surface area contributed by atoms with Crippen LogP contribution in [0, 0.1) is 17.6 Å². The van der Waals surface area contributed by atoms with Gasteiger partial charge in [-0.25, -0.2) is 8.78 Å². The molecule has 7 rings (SSSR count). The molecule has 0 bridgehead atoms. The largest absolute Gasteiger partial charge is 0.396 e. The van der Waals surface area contributed by atoms with Gasteiger partial charge in [-0.15, -0.1) is 0 Å². The van der Waals surface area contributed by atoms with Crippen LogP contribution in [0.25, 0.3) is 0 Å². The van der Waals surface area contributed by atoms with E-state index in [1.807, 2.05) is 24.3 Å². The minimum Gasteiger partial charge on any atom is -0.396 e. The maximum Gasteiger partial charge on any atom is 0.123 e. The first-order valence-electron chi connectivity index (χ1n) is 15.5. The zero-order chi connectivity index (χ0) is 30.1. The number of hydrogen-bond donors (Lipinski definition) is 2. The number of rotatable bonds is 4. The first kappa shape index (κ1) is 32.0. The molecule has 1 aliphatic heterocycles. The van der Waals surface area contributed by atoms with Crippen LogP contribution >= 0.6 is 0 Å². The van der Waals surface area contributed by atoms with E-state index in [1.165, 1.54) is 33.9 Å². The molecular weight excluding hydrogens is 554 g/mol. The molecule has 0 spiro atoms. The predicted octanol–water partition coefficient (Wildman–Crippen LogP) is 8.61. The maximum absolute atomic E-state index is 13.7. The van der Waals surface area contributed by atoms with Crippen molar-refractivity contribution in [1.29, 1.82) is 0 Å². The van der Waals surface area contributed by atoms with Gasteiger partial charge in [0, 0.05) is 12.5 Å². The van der Waals surface area contributed by atoms with Crippen LogP contribution < -0.4 is 0 Å². The fourth-order valence-electron chi connectivity index (χ4n) is 7.45. The van der Waals surface area contributed by atoms with Crippen molar-refractivity contribution in [3.63, 3.8) is 0 Å². The second-order valence-corrected chi connectivity index (χ2v) is 12.6. The van der Waals surface area contributed by atoms with Crippen molar-refractivity contribution in [2.45, 2.75) is 76.9 Å². The monoisotopic (exact) mass is 598 g/mol. The third-order valence-electron chi connectivity index (χ3n) is 9.68. The molecular formula is C39H44F2O3. The van der Waals surface area contributed by atoms with Crippen LogP contribution in [0.1, 0.15) is 102 Å². The molecule has 1 saturated heterocycles. The summed E-state index contributed by atoms with van der Waals surface area (Å²) in [5.41, 5.74) is 9.63. The molecule has 1 fully saturated rings. The van der Waals surface area contributed by atoms with Gasteiger partial charge in [-0.1, -0.05) is 81.9 Å². The van der Waals surface area contributed by atoms with Crippen LogP contribution in [0.3, 0.4) is 0 Å². The van der Waals surface area contributed by atoms with Crippen LogP contribution in [-0.4, -0.2) is 29.5 Å². The Kier molecular flexibility index (Phi) is 9.99. The molecule has 0 amide bonds. The molecule has 5 heteroatoms. The van der Waals surface area contributed by atoms with Gasteiger partial charge in [0.15, 0.2) is 0 Å². The van der Waals surface area contributed by atoms with Gasteiger partial charge in [0.25, 0.3) is 0 Å². The number of fused-ring (bicyclic) bond motifs is 7. The number of benzene rings is 4. The van der Waals surface area contributed by atoms with Crippen LogP contribution in [-0.2, 0) is 17.6 Å². The van der Waals surface area contributed by atoms with Gasteiger partial charge in [0.1, 0.15) is 11.6 Å². The van der Waals surface area contributed by atoms with Crippen molar-refractivity contribution in [3.05, 3.63) is 141 Å². The molecule has 44 heavy (non-hydrogen) atoms. The van der Waals surface area contributed by atoms with Gasteiger partial charge in [-0.05, 0) is 112 Å². The summed E-state index contributed by atoms with van der Waals surface area (Å²) in [6, 6.07) is 27.0. The second kappa shape index (κ2) is 13.7. The number of aliphatic hydroxyl groups is 2. The van der Waals surface area contributed by atoms with Gasteiger partial charge < -0.3 is 14.9 Å². The molecule has 0 unspecified atom stereocenters. The van der Waals surface area contributed by atoms with Crippen LogP contribution in [0.4, 0.5) is 8.78 Å². The SMILES string of the molecule is C.C[C@@H](CO)C[C@H]1c2ccccc2Cc2ccc(F)cc2[C@H]1C.OC[C@H]1C[C@H]2c3ccccc3Cc3ccc(F)cc3[C@H]2O1. The summed E-state index contributed by atoms with van der Waals surface area (Å²) in [5, 5.41) is 18.9. The molecule has 4 aromatic rings. The molecule has 1 heterocycles. The van der Waals surface area contributed by atoms with Gasteiger partial charge in [-0.2, -0.15) is 0 Å². The topological polar surface area (TPSA) is 49.7 Å². The number of ether oxygens (including phenoxy) is 1. The smallest absolute Gasteiger partial charge is 0.123 e. The zero-order valence-electron chi connectivity index (χ0n) is 24.8. The van der Waals surface area contributed by atoms with Crippen molar-refractivity contribution in [2.24, 2.45) is 5.92 Å². The van der Waals surface area contributed by atoms with Gasteiger partial charge in [0.2, 0.25) is 0 Å². The Labute approximate surface area is 260 Å². The number of halogens is 2. The fourth-order valence-corrected chi connectivity index (χ4v) is 7.45. The Morgan fingerprint density at radius 2 is 1.30 bits per heavy atom. The Hall–Kier alpha value is -3.38. The Morgan fingerprint density at radius 3 is 1.93 bits per heavy atom. The number of aliphatic hydroxyl groups excluding tert-OH is 2. The highest BCUT2D eigenvalue weighted by Gasteiger charge is 2.40. The lowest BCUT2D eigenvalue weighted by Gasteiger charge is -2.27. The van der Waals surface area contributed by atoms with Crippen molar-refractivity contribution < 1.29 is 23.7 Å². The Balaban J connectivity index is 0.000000171. The van der Waals surface area contributed by atoms with E-state index < -0.39 is 0 Å². The zero-order valence-corrected chi connectivity index (χ0v) is 24.8. The summed E-state index contributed by atoms with van der Waals surface area (Å²) < 4.78 is 33.4. The van der Waals surface area contributed by atoms with E-state index in [0.29, 0.717) is 5.92 Å². The standard InChI is InChI=1S/C20H23FO.C18H17FO2.CH4/c1-13(12-22)9-20-14(2)19-11-17(21)8-7-16(19)10-15-5-3-4-6-18(15)20;19-13-6-5-12-7-11-3-1-2-4-15(11)17-9-14(10-20)21-18(17)16(12)8-13;/h3-8,11,13-14,20,22H,9-10,12H2,1-2H3;1-6,8,14,17-18,20H,7,9-10H2;1H4/t13-,14-,20-;14-,17+,18-;/m11./s1. The van der Waals surface area contributed by atoms with Gasteiger partial charge in [-0.3, -0.25) is 0 Å². The van der Waals surface area contributed by atoms with Crippen molar-refractivity contribution in [2.75, 3.05) is 13.2 Å². The average molecular weight is 599 g/mol. The summed E-state index contributed by atoms with van der Waals surface area (Å²) in [7, 11) is 0. The van der Waals surface area contributed by atoms with E-state index in [4.69, 9.17) is 4.74 Å². The first-order chi connectivity index (χ1) is 20.9. The molecule has 6 atom stereocenters. The highest BCUT2D eigenvalue weighted by atomic mass is 19.1. The summed E-state index contributed by atoms with van der Waals surface area (Å²) in [6.45, 7) is 4.48. The van der Waals surface area contributed by atoms with E-state index >= 15 is 0 Å². The highest BCUT2D eigenvalue weighted by Crippen LogP contribution is 2.49. The first-order valence-corrected chi connectivity index (χ1v) is 15.5. The molecule has 3 aliphatic rings. The lowest BCUT2D eigenvalue weighted by Crippen LogP contribution is -2.14. The van der Waals surface area contributed by atoms with Crippen LogP contribution in [0.5, 0.6) is 0 Å². The van der Waals surface area contributed by atoms with E-state index in [-0.39, 0.29) is 62.2 Å². The van der Waals surface area contributed by atoms with Gasteiger partial charge >= 0.3 is 0 Å². The molecule has 2 N–H and O–H groups in total.